The zero-order valence-corrected chi connectivity index (χ0v) is 12.4. The summed E-state index contributed by atoms with van der Waals surface area (Å²) in [5.41, 5.74) is -0.497. The van der Waals surface area contributed by atoms with Gasteiger partial charge in [-0.2, -0.15) is 0 Å². The summed E-state index contributed by atoms with van der Waals surface area (Å²) in [5, 5.41) is 2.72. The summed E-state index contributed by atoms with van der Waals surface area (Å²) >= 11 is 0. The van der Waals surface area contributed by atoms with E-state index in [1.807, 2.05) is 20.8 Å². The second-order valence-corrected chi connectivity index (χ2v) is 6.43. The fourth-order valence-corrected chi connectivity index (χ4v) is 2.58. The molecule has 0 saturated heterocycles. The Kier molecular flexibility index (Phi) is 6.32. The minimum absolute atomic E-state index is 0.0781. The molecule has 1 amide bonds. The Labute approximate surface area is 116 Å². The molecule has 1 atom stereocenters. The van der Waals surface area contributed by atoms with Crippen molar-refractivity contribution in [3.8, 4) is 0 Å². The number of ether oxygens (including phenoxy) is 1. The van der Waals surface area contributed by atoms with Crippen molar-refractivity contribution in [1.82, 2.24) is 5.32 Å². The van der Waals surface area contributed by atoms with E-state index in [4.69, 9.17) is 4.74 Å². The number of nitrogens with one attached hydrogen (secondary N) is 1. The van der Waals surface area contributed by atoms with Crippen LogP contribution >= 0.6 is 0 Å². The minimum atomic E-state index is -0.497. The van der Waals surface area contributed by atoms with E-state index in [1.165, 1.54) is 25.7 Å². The van der Waals surface area contributed by atoms with Gasteiger partial charge in [-0.3, -0.25) is 0 Å². The van der Waals surface area contributed by atoms with Crippen molar-refractivity contribution in [3.63, 3.8) is 0 Å². The highest BCUT2D eigenvalue weighted by molar-refractivity contribution is 5.68. The van der Waals surface area contributed by atoms with E-state index in [0.717, 1.165) is 19.1 Å². The fraction of sp³-hybridized carbons (Fsp3) is 0.867. The minimum Gasteiger partial charge on any atom is -0.444 e. The zero-order valence-electron chi connectivity index (χ0n) is 12.4. The monoisotopic (exact) mass is 269 g/mol. The fourth-order valence-electron chi connectivity index (χ4n) is 2.58. The second-order valence-electron chi connectivity index (χ2n) is 6.43. The van der Waals surface area contributed by atoms with Crippen molar-refractivity contribution in [2.45, 2.75) is 64.9 Å². The Morgan fingerprint density at radius 3 is 2.32 bits per heavy atom. The van der Waals surface area contributed by atoms with Gasteiger partial charge in [-0.25, -0.2) is 4.79 Å². The van der Waals surface area contributed by atoms with Gasteiger partial charge in [-0.1, -0.05) is 25.7 Å². The molecule has 1 unspecified atom stereocenters. The first-order valence-corrected chi connectivity index (χ1v) is 7.34. The lowest BCUT2D eigenvalue weighted by atomic mass is 9.87. The first-order chi connectivity index (χ1) is 8.92. The third kappa shape index (κ3) is 6.60. The number of hydrogen-bond acceptors (Lipinski definition) is 3. The summed E-state index contributed by atoms with van der Waals surface area (Å²) in [6, 6.07) is 0. The maximum atomic E-state index is 11.6. The number of hydrogen-bond donors (Lipinski definition) is 1. The quantitative estimate of drug-likeness (QED) is 0.629. The Balaban J connectivity index is 2.39. The summed E-state index contributed by atoms with van der Waals surface area (Å²) in [7, 11) is 0. The number of carbonyl (C=O) groups excluding carboxylic acids is 2. The van der Waals surface area contributed by atoms with Crippen molar-refractivity contribution in [2.75, 3.05) is 6.54 Å². The molecule has 1 saturated carbocycles. The topological polar surface area (TPSA) is 55.4 Å². The SMILES string of the molecule is CC(C)(C)OC(=O)NCC(C=O)C1CCCCCC1. The molecular weight excluding hydrogens is 242 g/mol. The molecule has 19 heavy (non-hydrogen) atoms. The van der Waals surface area contributed by atoms with Gasteiger partial charge in [0.2, 0.25) is 0 Å². The van der Waals surface area contributed by atoms with E-state index in [9.17, 15) is 9.59 Å². The Hall–Kier alpha value is -1.06. The molecule has 0 bridgehead atoms. The predicted octanol–water partition coefficient (Wildman–Crippen LogP) is 3.30. The average molecular weight is 269 g/mol. The first kappa shape index (κ1) is 16.0. The number of carbonyl (C=O) groups is 2. The standard InChI is InChI=1S/C15H27NO3/c1-15(2,3)19-14(18)16-10-13(11-17)12-8-6-4-5-7-9-12/h11-13H,4-10H2,1-3H3,(H,16,18). The third-order valence-electron chi connectivity index (χ3n) is 3.56. The summed E-state index contributed by atoms with van der Waals surface area (Å²) < 4.78 is 5.18. The average Bonchev–Trinajstić information content (AvgIpc) is 2.56. The molecule has 0 radical (unpaired) electrons. The normalized spacial score (nSPS) is 19.3. The van der Waals surface area contributed by atoms with Crippen molar-refractivity contribution < 1.29 is 14.3 Å². The van der Waals surface area contributed by atoms with E-state index in [2.05, 4.69) is 5.32 Å². The van der Waals surface area contributed by atoms with Gasteiger partial charge < -0.3 is 14.8 Å². The second kappa shape index (κ2) is 7.51. The number of aldehydes is 1. The van der Waals surface area contributed by atoms with Crippen LogP contribution in [-0.4, -0.2) is 24.5 Å². The zero-order chi connectivity index (χ0) is 14.3. The van der Waals surface area contributed by atoms with Crippen LogP contribution in [0.3, 0.4) is 0 Å². The largest absolute Gasteiger partial charge is 0.444 e. The summed E-state index contributed by atoms with van der Waals surface area (Å²) in [4.78, 5) is 22.8. The van der Waals surface area contributed by atoms with Gasteiger partial charge in [0.05, 0.1) is 0 Å². The van der Waals surface area contributed by atoms with Gasteiger partial charge in [0.15, 0.2) is 0 Å². The van der Waals surface area contributed by atoms with Gasteiger partial charge in [-0.15, -0.1) is 0 Å². The molecule has 1 N–H and O–H groups in total. The van der Waals surface area contributed by atoms with Crippen LogP contribution in [0.15, 0.2) is 0 Å². The lowest BCUT2D eigenvalue weighted by molar-refractivity contribution is -0.112. The van der Waals surface area contributed by atoms with Gasteiger partial charge in [0, 0.05) is 12.5 Å². The van der Waals surface area contributed by atoms with Crippen LogP contribution < -0.4 is 5.32 Å². The maximum absolute atomic E-state index is 11.6. The molecule has 110 valence electrons. The smallest absolute Gasteiger partial charge is 0.407 e. The molecule has 1 rings (SSSR count). The van der Waals surface area contributed by atoms with Gasteiger partial charge in [-0.05, 0) is 39.5 Å². The van der Waals surface area contributed by atoms with Crippen LogP contribution in [0.25, 0.3) is 0 Å². The van der Waals surface area contributed by atoms with E-state index in [0.29, 0.717) is 12.5 Å². The molecule has 1 aliphatic rings. The van der Waals surface area contributed by atoms with Crippen molar-refractivity contribution in [3.05, 3.63) is 0 Å². The molecule has 0 aromatic rings. The molecule has 0 heterocycles. The summed E-state index contributed by atoms with van der Waals surface area (Å²) in [5.74, 6) is 0.334. The van der Waals surface area contributed by atoms with Gasteiger partial charge in [0.1, 0.15) is 11.9 Å². The van der Waals surface area contributed by atoms with Crippen LogP contribution in [0, 0.1) is 11.8 Å². The van der Waals surface area contributed by atoms with E-state index in [-0.39, 0.29) is 5.92 Å². The van der Waals surface area contributed by atoms with E-state index >= 15 is 0 Å². The molecule has 0 spiro atoms. The first-order valence-electron chi connectivity index (χ1n) is 7.34. The van der Waals surface area contributed by atoms with Crippen LogP contribution in [0.1, 0.15) is 59.3 Å². The molecule has 0 aromatic carbocycles. The number of rotatable bonds is 4. The van der Waals surface area contributed by atoms with E-state index < -0.39 is 11.7 Å². The molecule has 0 aromatic heterocycles. The Morgan fingerprint density at radius 1 is 1.26 bits per heavy atom. The predicted molar refractivity (Wildman–Crippen MR) is 75.0 cm³/mol. The highest BCUT2D eigenvalue weighted by Gasteiger charge is 2.24. The summed E-state index contributed by atoms with van der Waals surface area (Å²) in [6.07, 6.45) is 7.67. The van der Waals surface area contributed by atoms with Crippen LogP contribution in [0.5, 0.6) is 0 Å². The molecular formula is C15H27NO3. The van der Waals surface area contributed by atoms with Gasteiger partial charge in [0.25, 0.3) is 0 Å². The third-order valence-corrected chi connectivity index (χ3v) is 3.56. The Morgan fingerprint density at radius 2 is 1.84 bits per heavy atom. The van der Waals surface area contributed by atoms with Crippen molar-refractivity contribution >= 4 is 12.4 Å². The number of alkyl carbamates (subject to hydrolysis) is 1. The molecule has 4 nitrogen and oxygen atoms in total. The molecule has 1 fully saturated rings. The summed E-state index contributed by atoms with van der Waals surface area (Å²) in [6.45, 7) is 5.88. The number of amides is 1. The Bertz CT molecular complexity index is 288. The van der Waals surface area contributed by atoms with Crippen molar-refractivity contribution in [1.29, 1.82) is 0 Å². The lowest BCUT2D eigenvalue weighted by Crippen LogP contribution is -2.37. The van der Waals surface area contributed by atoms with Gasteiger partial charge >= 0.3 is 6.09 Å². The molecule has 4 heteroatoms. The highest BCUT2D eigenvalue weighted by atomic mass is 16.6. The highest BCUT2D eigenvalue weighted by Crippen LogP contribution is 2.27. The van der Waals surface area contributed by atoms with Crippen LogP contribution in [-0.2, 0) is 9.53 Å². The van der Waals surface area contributed by atoms with Crippen LogP contribution in [0.4, 0.5) is 4.79 Å². The van der Waals surface area contributed by atoms with Crippen LogP contribution in [0.2, 0.25) is 0 Å². The maximum Gasteiger partial charge on any atom is 0.407 e. The molecule has 0 aliphatic heterocycles. The molecule has 1 aliphatic carbocycles. The lowest BCUT2D eigenvalue weighted by Gasteiger charge is -2.23. The van der Waals surface area contributed by atoms with E-state index in [1.54, 1.807) is 0 Å². The van der Waals surface area contributed by atoms with Crippen molar-refractivity contribution in [2.24, 2.45) is 11.8 Å².